The highest BCUT2D eigenvalue weighted by molar-refractivity contribution is 6.30. The molecule has 0 radical (unpaired) electrons. The lowest BCUT2D eigenvalue weighted by atomic mass is 10.1. The summed E-state index contributed by atoms with van der Waals surface area (Å²) in [6.45, 7) is 1.16. The number of aromatic nitrogens is 2. The van der Waals surface area contributed by atoms with E-state index in [4.69, 9.17) is 11.6 Å². The minimum absolute atomic E-state index is 0.0164. The van der Waals surface area contributed by atoms with Crippen LogP contribution < -0.4 is 5.32 Å². The van der Waals surface area contributed by atoms with Crippen molar-refractivity contribution in [2.24, 2.45) is 7.05 Å². The highest BCUT2D eigenvalue weighted by Gasteiger charge is 2.28. The number of carboxylic acids is 1. The fraction of sp³-hybridized carbons (Fsp3) is 0.312. The number of aryl methyl sites for hydroxylation is 1. The third-order valence-corrected chi connectivity index (χ3v) is 4.34. The van der Waals surface area contributed by atoms with Gasteiger partial charge in [0.25, 0.3) is 0 Å². The average molecular weight is 349 g/mol. The summed E-state index contributed by atoms with van der Waals surface area (Å²) >= 11 is 5.83. The molecule has 2 N–H and O–H groups in total. The Hall–Kier alpha value is -2.54. The minimum Gasteiger partial charge on any atom is -0.476 e. The van der Waals surface area contributed by atoms with Crippen molar-refractivity contribution >= 4 is 23.6 Å². The Balaban J connectivity index is 1.67. The molecule has 7 nitrogen and oxygen atoms in total. The molecule has 1 aromatic carbocycles. The number of hydrogen-bond donors (Lipinski definition) is 2. The molecular weight excluding hydrogens is 332 g/mol. The molecule has 1 aliphatic heterocycles. The topological polar surface area (TPSA) is 87.5 Å². The lowest BCUT2D eigenvalue weighted by molar-refractivity contribution is 0.0687. The Bertz CT molecular complexity index is 785. The summed E-state index contributed by atoms with van der Waals surface area (Å²) in [5.41, 5.74) is 2.44. The minimum atomic E-state index is -1.07. The number of carboxylic acid groups (broad SMARTS) is 1. The highest BCUT2D eigenvalue weighted by Crippen LogP contribution is 2.22. The fourth-order valence-corrected chi connectivity index (χ4v) is 2.96. The van der Waals surface area contributed by atoms with E-state index in [1.165, 1.54) is 0 Å². The molecule has 0 fully saturated rings. The van der Waals surface area contributed by atoms with Crippen LogP contribution in [0.2, 0.25) is 5.02 Å². The third kappa shape index (κ3) is 3.21. The van der Waals surface area contributed by atoms with Crippen LogP contribution in [0.3, 0.4) is 0 Å². The number of rotatable bonds is 3. The van der Waals surface area contributed by atoms with Gasteiger partial charge in [-0.2, -0.15) is 5.10 Å². The number of fused-ring (bicyclic) bond motifs is 1. The Morgan fingerprint density at radius 2 is 2.04 bits per heavy atom. The van der Waals surface area contributed by atoms with E-state index >= 15 is 0 Å². The number of carbonyl (C=O) groups is 2. The summed E-state index contributed by atoms with van der Waals surface area (Å²) in [5, 5.41) is 16.8. The predicted octanol–water partition coefficient (Wildman–Crippen LogP) is 2.04. The molecule has 126 valence electrons. The first-order chi connectivity index (χ1) is 11.5. The molecule has 1 aromatic heterocycles. The maximum absolute atomic E-state index is 12.4. The largest absolute Gasteiger partial charge is 0.476 e. The Morgan fingerprint density at radius 3 is 2.71 bits per heavy atom. The number of nitrogens with zero attached hydrogens (tertiary/aromatic N) is 3. The van der Waals surface area contributed by atoms with Crippen molar-refractivity contribution < 1.29 is 14.7 Å². The maximum Gasteiger partial charge on any atom is 0.356 e. The van der Waals surface area contributed by atoms with Crippen molar-refractivity contribution in [2.45, 2.75) is 19.5 Å². The van der Waals surface area contributed by atoms with Gasteiger partial charge in [-0.3, -0.25) is 4.68 Å². The van der Waals surface area contributed by atoms with Gasteiger partial charge < -0.3 is 15.3 Å². The van der Waals surface area contributed by atoms with Crippen molar-refractivity contribution in [3.8, 4) is 0 Å². The number of benzene rings is 1. The Morgan fingerprint density at radius 1 is 1.33 bits per heavy atom. The SMILES string of the molecule is Cn1nc(C(=O)O)c2c1CCN(C(=O)NCc1ccc(Cl)cc1)C2. The van der Waals surface area contributed by atoms with Gasteiger partial charge in [0, 0.05) is 42.8 Å². The van der Waals surface area contributed by atoms with E-state index in [0.29, 0.717) is 30.1 Å². The lowest BCUT2D eigenvalue weighted by Crippen LogP contribution is -2.42. The van der Waals surface area contributed by atoms with Crippen LogP contribution in [0.25, 0.3) is 0 Å². The van der Waals surface area contributed by atoms with Crippen LogP contribution in [-0.4, -0.2) is 38.3 Å². The van der Waals surface area contributed by atoms with Gasteiger partial charge in [0.2, 0.25) is 0 Å². The smallest absolute Gasteiger partial charge is 0.356 e. The molecule has 0 bridgehead atoms. The number of halogens is 1. The summed E-state index contributed by atoms with van der Waals surface area (Å²) in [5.74, 6) is -1.07. The zero-order valence-electron chi connectivity index (χ0n) is 13.1. The first kappa shape index (κ1) is 16.3. The molecule has 0 atom stereocenters. The predicted molar refractivity (Wildman–Crippen MR) is 88.0 cm³/mol. The molecule has 1 aliphatic rings. The van der Waals surface area contributed by atoms with E-state index in [1.807, 2.05) is 12.1 Å². The number of hydrogen-bond acceptors (Lipinski definition) is 3. The normalized spacial score (nSPS) is 13.5. The summed E-state index contributed by atoms with van der Waals surface area (Å²) < 4.78 is 1.59. The molecule has 24 heavy (non-hydrogen) atoms. The van der Waals surface area contributed by atoms with Crippen LogP contribution in [0.15, 0.2) is 24.3 Å². The molecule has 0 unspecified atom stereocenters. The third-order valence-electron chi connectivity index (χ3n) is 4.09. The van der Waals surface area contributed by atoms with Crippen LogP contribution in [0.5, 0.6) is 0 Å². The zero-order valence-corrected chi connectivity index (χ0v) is 13.9. The van der Waals surface area contributed by atoms with E-state index in [0.717, 1.165) is 11.3 Å². The lowest BCUT2D eigenvalue weighted by Gasteiger charge is -2.27. The molecule has 0 saturated carbocycles. The maximum atomic E-state index is 12.4. The molecular formula is C16H17ClN4O3. The summed E-state index contributed by atoms with van der Waals surface area (Å²) in [6.07, 6.45) is 0.584. The second kappa shape index (κ2) is 6.52. The van der Waals surface area contributed by atoms with Gasteiger partial charge in [-0.25, -0.2) is 9.59 Å². The van der Waals surface area contributed by atoms with E-state index in [1.54, 1.807) is 28.8 Å². The van der Waals surface area contributed by atoms with E-state index < -0.39 is 5.97 Å². The van der Waals surface area contributed by atoms with Crippen LogP contribution in [0.4, 0.5) is 4.79 Å². The fourth-order valence-electron chi connectivity index (χ4n) is 2.83. The standard InChI is InChI=1S/C16H17ClN4O3/c1-20-13-6-7-21(9-12(13)14(19-20)15(22)23)16(24)18-8-10-2-4-11(17)5-3-10/h2-5H,6-9H2,1H3,(H,18,24)(H,22,23). The highest BCUT2D eigenvalue weighted by atomic mass is 35.5. The van der Waals surface area contributed by atoms with E-state index in [-0.39, 0.29) is 18.3 Å². The van der Waals surface area contributed by atoms with Crippen LogP contribution in [0, 0.1) is 0 Å². The Kier molecular flexibility index (Phi) is 4.44. The van der Waals surface area contributed by atoms with E-state index in [2.05, 4.69) is 10.4 Å². The summed E-state index contributed by atoms with van der Waals surface area (Å²) in [7, 11) is 1.72. The molecule has 2 heterocycles. The number of carbonyl (C=O) groups excluding carboxylic acids is 1. The van der Waals surface area contributed by atoms with Gasteiger partial charge >= 0.3 is 12.0 Å². The van der Waals surface area contributed by atoms with Gasteiger partial charge in [-0.15, -0.1) is 0 Å². The van der Waals surface area contributed by atoms with Gasteiger partial charge in [-0.05, 0) is 17.7 Å². The number of urea groups is 1. The van der Waals surface area contributed by atoms with Gasteiger partial charge in [0.1, 0.15) is 0 Å². The second-order valence-electron chi connectivity index (χ2n) is 5.66. The summed E-state index contributed by atoms with van der Waals surface area (Å²) in [6, 6.07) is 7.01. The molecule has 3 rings (SSSR count). The molecule has 2 aromatic rings. The van der Waals surface area contributed by atoms with Crippen molar-refractivity contribution in [2.75, 3.05) is 6.54 Å². The first-order valence-corrected chi connectivity index (χ1v) is 7.88. The zero-order chi connectivity index (χ0) is 17.3. The van der Waals surface area contributed by atoms with Gasteiger partial charge in [-0.1, -0.05) is 23.7 Å². The molecule has 8 heteroatoms. The monoisotopic (exact) mass is 348 g/mol. The second-order valence-corrected chi connectivity index (χ2v) is 6.10. The number of nitrogens with one attached hydrogen (secondary N) is 1. The molecule has 2 amide bonds. The van der Waals surface area contributed by atoms with Crippen molar-refractivity contribution in [3.63, 3.8) is 0 Å². The first-order valence-electron chi connectivity index (χ1n) is 7.51. The van der Waals surface area contributed by atoms with Crippen LogP contribution >= 0.6 is 11.6 Å². The van der Waals surface area contributed by atoms with Crippen molar-refractivity contribution in [3.05, 3.63) is 51.8 Å². The van der Waals surface area contributed by atoms with Gasteiger partial charge in [0.05, 0.1) is 6.54 Å². The molecule has 0 spiro atoms. The molecule has 0 aliphatic carbocycles. The van der Waals surface area contributed by atoms with Crippen molar-refractivity contribution in [1.82, 2.24) is 20.0 Å². The Labute approximate surface area is 143 Å². The van der Waals surface area contributed by atoms with Gasteiger partial charge in [0.15, 0.2) is 5.69 Å². The van der Waals surface area contributed by atoms with E-state index in [9.17, 15) is 14.7 Å². The number of amides is 2. The van der Waals surface area contributed by atoms with Crippen molar-refractivity contribution in [1.29, 1.82) is 0 Å². The average Bonchev–Trinajstić information content (AvgIpc) is 2.91. The van der Waals surface area contributed by atoms with Crippen LogP contribution in [0.1, 0.15) is 27.3 Å². The quantitative estimate of drug-likeness (QED) is 0.888. The number of aromatic carboxylic acids is 1. The van der Waals surface area contributed by atoms with Crippen LogP contribution in [-0.2, 0) is 26.6 Å². The summed E-state index contributed by atoms with van der Waals surface area (Å²) in [4.78, 5) is 25.2. The molecule has 0 saturated heterocycles.